The van der Waals surface area contributed by atoms with Crippen LogP contribution in [0.2, 0.25) is 0 Å². The standard InChI is InChI=1S/C13H19NO2/c1-4-16-12(15)11-7-9-8-13(2,3)6-5-10(9)14-11/h7,14H,4-6,8H2,1-3H3. The van der Waals surface area contributed by atoms with E-state index in [4.69, 9.17) is 4.74 Å². The fraction of sp³-hybridized carbons (Fsp3) is 0.615. The molecule has 0 fully saturated rings. The molecule has 0 atom stereocenters. The SMILES string of the molecule is CCOC(=O)c1cc2c([nH]1)CCC(C)(C)C2. The zero-order valence-corrected chi connectivity index (χ0v) is 10.2. The summed E-state index contributed by atoms with van der Waals surface area (Å²) in [5.41, 5.74) is 3.44. The van der Waals surface area contributed by atoms with Crippen LogP contribution >= 0.6 is 0 Å². The van der Waals surface area contributed by atoms with E-state index in [9.17, 15) is 4.79 Å². The van der Waals surface area contributed by atoms with Gasteiger partial charge in [-0.2, -0.15) is 0 Å². The van der Waals surface area contributed by atoms with E-state index in [0.717, 1.165) is 12.8 Å². The van der Waals surface area contributed by atoms with Crippen molar-refractivity contribution >= 4 is 5.97 Å². The molecule has 3 heteroatoms. The van der Waals surface area contributed by atoms with E-state index in [2.05, 4.69) is 18.8 Å². The van der Waals surface area contributed by atoms with Gasteiger partial charge in [0.05, 0.1) is 6.61 Å². The zero-order chi connectivity index (χ0) is 11.8. The lowest BCUT2D eigenvalue weighted by Crippen LogP contribution is -2.21. The number of esters is 1. The molecule has 1 aliphatic rings. The van der Waals surface area contributed by atoms with E-state index in [0.29, 0.717) is 17.7 Å². The van der Waals surface area contributed by atoms with Crippen molar-refractivity contribution in [3.63, 3.8) is 0 Å². The lowest BCUT2D eigenvalue weighted by molar-refractivity contribution is 0.0520. The number of aromatic amines is 1. The van der Waals surface area contributed by atoms with Crippen molar-refractivity contribution in [2.45, 2.75) is 40.0 Å². The Balaban J connectivity index is 2.21. The van der Waals surface area contributed by atoms with Crippen molar-refractivity contribution in [2.75, 3.05) is 6.61 Å². The quantitative estimate of drug-likeness (QED) is 0.780. The highest BCUT2D eigenvalue weighted by molar-refractivity contribution is 5.87. The van der Waals surface area contributed by atoms with Crippen LogP contribution in [-0.2, 0) is 17.6 Å². The molecule has 0 spiro atoms. The minimum Gasteiger partial charge on any atom is -0.461 e. The van der Waals surface area contributed by atoms with Gasteiger partial charge in [0, 0.05) is 5.69 Å². The van der Waals surface area contributed by atoms with Gasteiger partial charge in [0.15, 0.2) is 0 Å². The fourth-order valence-electron chi connectivity index (χ4n) is 2.31. The molecule has 1 aliphatic carbocycles. The number of aromatic nitrogens is 1. The van der Waals surface area contributed by atoms with E-state index in [1.165, 1.54) is 17.7 Å². The molecule has 0 aromatic carbocycles. The predicted molar refractivity (Wildman–Crippen MR) is 62.6 cm³/mol. The average molecular weight is 221 g/mol. The van der Waals surface area contributed by atoms with Crippen LogP contribution in [0.15, 0.2) is 6.07 Å². The summed E-state index contributed by atoms with van der Waals surface area (Å²) in [6.45, 7) is 6.79. The molecule has 3 nitrogen and oxygen atoms in total. The van der Waals surface area contributed by atoms with Gasteiger partial charge in [-0.05, 0) is 43.2 Å². The Labute approximate surface area is 96.2 Å². The number of carbonyl (C=O) groups excluding carboxylic acids is 1. The molecule has 88 valence electrons. The number of rotatable bonds is 2. The lowest BCUT2D eigenvalue weighted by atomic mass is 9.77. The minimum atomic E-state index is -0.241. The summed E-state index contributed by atoms with van der Waals surface area (Å²) < 4.78 is 4.99. The van der Waals surface area contributed by atoms with Crippen molar-refractivity contribution in [3.8, 4) is 0 Å². The molecule has 0 unspecified atom stereocenters. The minimum absolute atomic E-state index is 0.241. The van der Waals surface area contributed by atoms with Crippen LogP contribution in [0.3, 0.4) is 0 Å². The first-order chi connectivity index (χ1) is 7.52. The maximum atomic E-state index is 11.6. The second-order valence-corrected chi connectivity index (χ2v) is 5.25. The van der Waals surface area contributed by atoms with Crippen molar-refractivity contribution in [2.24, 2.45) is 5.41 Å². The number of nitrogens with one attached hydrogen (secondary N) is 1. The Bertz CT molecular complexity index is 404. The number of ether oxygens (including phenoxy) is 1. The Morgan fingerprint density at radius 2 is 2.31 bits per heavy atom. The summed E-state index contributed by atoms with van der Waals surface area (Å²) in [6, 6.07) is 1.95. The van der Waals surface area contributed by atoms with Crippen LogP contribution < -0.4 is 0 Å². The van der Waals surface area contributed by atoms with E-state index in [1.54, 1.807) is 0 Å². The summed E-state index contributed by atoms with van der Waals surface area (Å²) in [5.74, 6) is -0.241. The van der Waals surface area contributed by atoms with Gasteiger partial charge in [-0.3, -0.25) is 0 Å². The van der Waals surface area contributed by atoms with Gasteiger partial charge >= 0.3 is 5.97 Å². The van der Waals surface area contributed by atoms with E-state index in [1.807, 2.05) is 13.0 Å². The lowest BCUT2D eigenvalue weighted by Gasteiger charge is -2.29. The molecule has 1 aromatic rings. The Hall–Kier alpha value is -1.25. The van der Waals surface area contributed by atoms with E-state index < -0.39 is 0 Å². The Morgan fingerprint density at radius 3 is 3.00 bits per heavy atom. The highest BCUT2D eigenvalue weighted by Gasteiger charge is 2.27. The molecule has 0 saturated heterocycles. The van der Waals surface area contributed by atoms with Gasteiger partial charge in [0.25, 0.3) is 0 Å². The first-order valence-corrected chi connectivity index (χ1v) is 5.90. The van der Waals surface area contributed by atoms with Crippen LogP contribution in [-0.4, -0.2) is 17.6 Å². The summed E-state index contributed by atoms with van der Waals surface area (Å²) in [4.78, 5) is 14.8. The topological polar surface area (TPSA) is 42.1 Å². The normalized spacial score (nSPS) is 17.9. The van der Waals surface area contributed by atoms with Crippen LogP contribution in [0.25, 0.3) is 0 Å². The van der Waals surface area contributed by atoms with Crippen LogP contribution in [0.4, 0.5) is 0 Å². The van der Waals surface area contributed by atoms with Gasteiger partial charge < -0.3 is 9.72 Å². The number of fused-ring (bicyclic) bond motifs is 1. The molecule has 0 saturated carbocycles. The molecule has 1 heterocycles. The van der Waals surface area contributed by atoms with Crippen molar-refractivity contribution in [1.82, 2.24) is 4.98 Å². The number of carbonyl (C=O) groups is 1. The number of H-pyrrole nitrogens is 1. The highest BCUT2D eigenvalue weighted by atomic mass is 16.5. The van der Waals surface area contributed by atoms with Crippen molar-refractivity contribution in [3.05, 3.63) is 23.0 Å². The number of hydrogen-bond acceptors (Lipinski definition) is 2. The van der Waals surface area contributed by atoms with E-state index in [-0.39, 0.29) is 5.97 Å². The third-order valence-corrected chi connectivity index (χ3v) is 3.21. The second kappa shape index (κ2) is 3.96. The maximum absolute atomic E-state index is 11.6. The van der Waals surface area contributed by atoms with Gasteiger partial charge in [0.1, 0.15) is 5.69 Å². The summed E-state index contributed by atoms with van der Waals surface area (Å²) in [6.07, 6.45) is 3.24. The van der Waals surface area contributed by atoms with Crippen LogP contribution in [0, 0.1) is 5.41 Å². The first-order valence-electron chi connectivity index (χ1n) is 5.90. The predicted octanol–water partition coefficient (Wildman–Crippen LogP) is 2.71. The molecule has 1 N–H and O–H groups in total. The summed E-state index contributed by atoms with van der Waals surface area (Å²) >= 11 is 0. The third kappa shape index (κ3) is 2.13. The molecule has 0 amide bonds. The van der Waals surface area contributed by atoms with Gasteiger partial charge in [0.2, 0.25) is 0 Å². The monoisotopic (exact) mass is 221 g/mol. The van der Waals surface area contributed by atoms with Crippen LogP contribution in [0.1, 0.15) is 48.9 Å². The van der Waals surface area contributed by atoms with E-state index >= 15 is 0 Å². The molecule has 16 heavy (non-hydrogen) atoms. The number of hydrogen-bond donors (Lipinski definition) is 1. The average Bonchev–Trinajstić information content (AvgIpc) is 2.59. The zero-order valence-electron chi connectivity index (χ0n) is 10.2. The smallest absolute Gasteiger partial charge is 0.354 e. The Morgan fingerprint density at radius 1 is 1.56 bits per heavy atom. The molecular weight excluding hydrogens is 202 g/mol. The second-order valence-electron chi connectivity index (χ2n) is 5.25. The van der Waals surface area contributed by atoms with Gasteiger partial charge in [-0.1, -0.05) is 13.8 Å². The maximum Gasteiger partial charge on any atom is 0.354 e. The highest BCUT2D eigenvalue weighted by Crippen LogP contribution is 2.34. The van der Waals surface area contributed by atoms with Crippen molar-refractivity contribution in [1.29, 1.82) is 0 Å². The Kier molecular flexibility index (Phi) is 2.78. The molecule has 1 aromatic heterocycles. The summed E-state index contributed by atoms with van der Waals surface area (Å²) in [5, 5.41) is 0. The largest absolute Gasteiger partial charge is 0.461 e. The van der Waals surface area contributed by atoms with Crippen molar-refractivity contribution < 1.29 is 9.53 Å². The third-order valence-electron chi connectivity index (χ3n) is 3.21. The molecule has 0 aliphatic heterocycles. The molecule has 0 bridgehead atoms. The van der Waals surface area contributed by atoms with Crippen LogP contribution in [0.5, 0.6) is 0 Å². The number of aryl methyl sites for hydroxylation is 1. The molecular formula is C13H19NO2. The molecule has 0 radical (unpaired) electrons. The van der Waals surface area contributed by atoms with Gasteiger partial charge in [-0.15, -0.1) is 0 Å². The summed E-state index contributed by atoms with van der Waals surface area (Å²) in [7, 11) is 0. The fourth-order valence-corrected chi connectivity index (χ4v) is 2.31. The first kappa shape index (κ1) is 11.2. The molecule has 2 rings (SSSR count). The van der Waals surface area contributed by atoms with Gasteiger partial charge in [-0.25, -0.2) is 4.79 Å².